The van der Waals surface area contributed by atoms with Gasteiger partial charge in [-0.2, -0.15) is 0 Å². The summed E-state index contributed by atoms with van der Waals surface area (Å²) in [5, 5.41) is 44.1. The zero-order chi connectivity index (χ0) is 24.2. The van der Waals surface area contributed by atoms with E-state index < -0.39 is 36.2 Å². The van der Waals surface area contributed by atoms with Gasteiger partial charge in [0.05, 0.1) is 52.9 Å². The van der Waals surface area contributed by atoms with Crippen LogP contribution in [0.25, 0.3) is 0 Å². The van der Waals surface area contributed by atoms with Gasteiger partial charge in [0, 0.05) is 26.2 Å². The Morgan fingerprint density at radius 1 is 0.594 bits per heavy atom. The number of rotatable bonds is 21. The summed E-state index contributed by atoms with van der Waals surface area (Å²) >= 11 is 0. The van der Waals surface area contributed by atoms with Crippen LogP contribution in [0.1, 0.15) is 0 Å². The van der Waals surface area contributed by atoms with E-state index in [9.17, 15) is 30.0 Å². The molecule has 14 heteroatoms. The predicted molar refractivity (Wildman–Crippen MR) is 111 cm³/mol. The maximum atomic E-state index is 11.9. The van der Waals surface area contributed by atoms with E-state index in [1.54, 1.807) is 0 Å². The summed E-state index contributed by atoms with van der Waals surface area (Å²) in [6, 6.07) is 0. The van der Waals surface area contributed by atoms with Crippen LogP contribution in [-0.2, 0) is 28.5 Å². The van der Waals surface area contributed by atoms with Crippen molar-refractivity contribution >= 4 is 11.8 Å². The lowest BCUT2D eigenvalue weighted by atomic mass is 10.0. The highest BCUT2D eigenvalue weighted by Crippen LogP contribution is 2.06. The van der Waals surface area contributed by atoms with E-state index in [0.29, 0.717) is 39.5 Å². The fourth-order valence-corrected chi connectivity index (χ4v) is 2.20. The minimum atomic E-state index is -2.10. The molecule has 0 aliphatic rings. The molecule has 4 atom stereocenters. The first-order chi connectivity index (χ1) is 15.4. The molecule has 0 heterocycles. The second kappa shape index (κ2) is 20.2. The number of hydrogen-bond donors (Lipinski definition) is 8. The van der Waals surface area contributed by atoms with Gasteiger partial charge in [0.25, 0.3) is 11.8 Å². The van der Waals surface area contributed by atoms with E-state index in [1.165, 1.54) is 0 Å². The minimum Gasteiger partial charge on any atom is -0.387 e. The van der Waals surface area contributed by atoms with Crippen LogP contribution in [0.4, 0.5) is 0 Å². The van der Waals surface area contributed by atoms with Crippen LogP contribution in [0.3, 0.4) is 0 Å². The normalized spacial score (nSPS) is 15.1. The first-order valence-corrected chi connectivity index (χ1v) is 10.4. The molecule has 0 saturated heterocycles. The second-order valence-corrected chi connectivity index (χ2v) is 6.48. The average molecular weight is 471 g/mol. The maximum absolute atomic E-state index is 11.9. The summed E-state index contributed by atoms with van der Waals surface area (Å²) in [5.41, 5.74) is 10.5. The number of carbonyl (C=O) groups excluding carboxylic acids is 2. The molecule has 0 aliphatic carbocycles. The van der Waals surface area contributed by atoms with Gasteiger partial charge in [-0.1, -0.05) is 0 Å². The van der Waals surface area contributed by atoms with Gasteiger partial charge in [-0.15, -0.1) is 0 Å². The number of hydrogen-bond acceptors (Lipinski definition) is 12. The quantitative estimate of drug-likeness (QED) is 0.0735. The van der Waals surface area contributed by atoms with Crippen molar-refractivity contribution in [3.05, 3.63) is 0 Å². The minimum absolute atomic E-state index is 0.0237. The first-order valence-electron chi connectivity index (χ1n) is 10.4. The molecule has 32 heavy (non-hydrogen) atoms. The van der Waals surface area contributed by atoms with Gasteiger partial charge >= 0.3 is 0 Å². The number of carbonyl (C=O) groups is 2. The third kappa shape index (κ3) is 14.6. The van der Waals surface area contributed by atoms with Gasteiger partial charge in [0.2, 0.25) is 0 Å². The van der Waals surface area contributed by atoms with Crippen molar-refractivity contribution in [3.63, 3.8) is 0 Å². The van der Waals surface area contributed by atoms with Crippen molar-refractivity contribution in [2.75, 3.05) is 79.0 Å². The smallest absolute Gasteiger partial charge is 0.251 e. The largest absolute Gasteiger partial charge is 0.387 e. The van der Waals surface area contributed by atoms with Gasteiger partial charge in [-0.3, -0.25) is 9.59 Å². The molecule has 0 fully saturated rings. The Labute approximate surface area is 187 Å². The Morgan fingerprint density at radius 3 is 1.22 bits per heavy atom. The molecule has 0 radical (unpaired) electrons. The summed E-state index contributed by atoms with van der Waals surface area (Å²) in [6.07, 6.45) is -8.34. The molecule has 0 bridgehead atoms. The first kappa shape index (κ1) is 30.5. The summed E-state index contributed by atoms with van der Waals surface area (Å²) in [4.78, 5) is 23.7. The van der Waals surface area contributed by atoms with E-state index in [1.807, 2.05) is 0 Å². The Hall–Kier alpha value is -1.46. The zero-order valence-corrected chi connectivity index (χ0v) is 18.2. The number of aliphatic hydroxyl groups excluding tert-OH is 4. The van der Waals surface area contributed by atoms with Crippen LogP contribution < -0.4 is 22.1 Å². The molecule has 10 N–H and O–H groups in total. The molecule has 2 amide bonds. The highest BCUT2D eigenvalue weighted by molar-refractivity contribution is 5.83. The van der Waals surface area contributed by atoms with Crippen molar-refractivity contribution < 1.29 is 49.0 Å². The van der Waals surface area contributed by atoms with E-state index in [-0.39, 0.29) is 39.5 Å². The van der Waals surface area contributed by atoms with E-state index >= 15 is 0 Å². The number of amides is 2. The van der Waals surface area contributed by atoms with Gasteiger partial charge in [-0.05, 0) is 0 Å². The topological polar surface area (TPSA) is 228 Å². The van der Waals surface area contributed by atoms with Crippen LogP contribution >= 0.6 is 0 Å². The van der Waals surface area contributed by atoms with Crippen LogP contribution in [0.15, 0.2) is 0 Å². The summed E-state index contributed by atoms with van der Waals surface area (Å²) in [6.45, 7) is 3.17. The fraction of sp³-hybridized carbons (Fsp3) is 0.889. The van der Waals surface area contributed by atoms with E-state index in [2.05, 4.69) is 10.6 Å². The van der Waals surface area contributed by atoms with Crippen LogP contribution in [0.2, 0.25) is 0 Å². The van der Waals surface area contributed by atoms with Crippen molar-refractivity contribution in [3.8, 4) is 0 Å². The average Bonchev–Trinajstić information content (AvgIpc) is 2.80. The molecule has 0 rings (SSSR count). The Balaban J connectivity index is 4.05. The molecule has 0 aromatic rings. The predicted octanol–water partition coefficient (Wildman–Crippen LogP) is -5.35. The van der Waals surface area contributed by atoms with Gasteiger partial charge < -0.3 is 61.5 Å². The second-order valence-electron chi connectivity index (χ2n) is 6.48. The van der Waals surface area contributed by atoms with Crippen LogP contribution in [0, 0.1) is 0 Å². The molecular weight excluding hydrogens is 432 g/mol. The monoisotopic (exact) mass is 470 g/mol. The third-order valence-electron chi connectivity index (χ3n) is 3.89. The zero-order valence-electron chi connectivity index (χ0n) is 18.2. The van der Waals surface area contributed by atoms with E-state index in [4.69, 9.17) is 30.4 Å². The van der Waals surface area contributed by atoms with Gasteiger partial charge in [0.1, 0.15) is 12.2 Å². The molecule has 0 aromatic carbocycles. The van der Waals surface area contributed by atoms with Crippen molar-refractivity contribution in [1.82, 2.24) is 10.6 Å². The highest BCUT2D eigenvalue weighted by Gasteiger charge is 2.37. The maximum Gasteiger partial charge on any atom is 0.251 e. The van der Waals surface area contributed by atoms with Gasteiger partial charge in [-0.25, -0.2) is 0 Å². The van der Waals surface area contributed by atoms with Crippen LogP contribution in [0.5, 0.6) is 0 Å². The molecule has 190 valence electrons. The molecule has 0 saturated carbocycles. The molecular formula is C18H38N4O10. The highest BCUT2D eigenvalue weighted by atomic mass is 16.5. The lowest BCUT2D eigenvalue weighted by molar-refractivity contribution is -0.155. The lowest BCUT2D eigenvalue weighted by Crippen LogP contribution is -2.54. The molecule has 0 aromatic heterocycles. The molecule has 0 spiro atoms. The van der Waals surface area contributed by atoms with Crippen molar-refractivity contribution in [2.45, 2.75) is 24.4 Å². The Bertz CT molecular complexity index is 447. The Morgan fingerprint density at radius 2 is 0.906 bits per heavy atom. The third-order valence-corrected chi connectivity index (χ3v) is 3.89. The summed E-state index contributed by atoms with van der Waals surface area (Å²) in [5.74, 6) is -2.00. The lowest BCUT2D eigenvalue weighted by Gasteiger charge is -2.25. The molecule has 14 nitrogen and oxygen atoms in total. The van der Waals surface area contributed by atoms with Gasteiger partial charge in [0.15, 0.2) is 12.2 Å². The SMILES string of the molecule is NCCOCCOCCNC(=O)[C@@H](O)[C@H](O)[C@H](O)[C@@H](O)C(=O)NCCOCCOCCN. The van der Waals surface area contributed by atoms with E-state index in [0.717, 1.165) is 0 Å². The van der Waals surface area contributed by atoms with Crippen molar-refractivity contribution in [2.24, 2.45) is 11.5 Å². The summed E-state index contributed by atoms with van der Waals surface area (Å²) < 4.78 is 20.5. The summed E-state index contributed by atoms with van der Waals surface area (Å²) in [7, 11) is 0. The van der Waals surface area contributed by atoms with Crippen LogP contribution in [-0.4, -0.2) is 136 Å². The number of nitrogens with one attached hydrogen (secondary N) is 2. The molecule has 0 aliphatic heterocycles. The fourth-order valence-electron chi connectivity index (χ4n) is 2.20. The molecule has 0 unspecified atom stereocenters. The number of nitrogens with two attached hydrogens (primary N) is 2. The standard InChI is InChI=1S/C18H38N4O10/c19-1-5-29-9-11-31-7-3-21-17(27)15(25)13(23)14(24)16(26)18(28)22-4-8-32-12-10-30-6-2-20/h13-16,23-26H,1-12,19-20H2,(H,21,27)(H,22,28)/t13-,14+,15+,16-. The number of ether oxygens (including phenoxy) is 4. The van der Waals surface area contributed by atoms with Crippen molar-refractivity contribution in [1.29, 1.82) is 0 Å². The Kier molecular flexibility index (Phi) is 19.2. The number of aliphatic hydroxyl groups is 4.